The number of halogens is 1. The fraction of sp³-hybridized carbons (Fsp3) is 0.556. The third-order valence-corrected chi connectivity index (χ3v) is 3.10. The summed E-state index contributed by atoms with van der Waals surface area (Å²) in [5, 5.41) is 3.40. The summed E-state index contributed by atoms with van der Waals surface area (Å²) in [6, 6.07) is 0.416. The fourth-order valence-electron chi connectivity index (χ4n) is 1.59. The highest BCUT2D eigenvalue weighted by Gasteiger charge is 2.18. The molecule has 0 aromatic carbocycles. The van der Waals surface area contributed by atoms with Crippen molar-refractivity contribution in [2.45, 2.75) is 25.8 Å². The molecule has 0 saturated carbocycles. The Bertz CT molecular complexity index is 308. The van der Waals surface area contributed by atoms with Crippen LogP contribution in [0.15, 0.2) is 10.8 Å². The van der Waals surface area contributed by atoms with Gasteiger partial charge in [0, 0.05) is 0 Å². The van der Waals surface area contributed by atoms with Crippen molar-refractivity contribution in [3.8, 4) is 0 Å². The average Bonchev–Trinajstić information content (AvgIpc) is 2.62. The quantitative estimate of drug-likeness (QED) is 0.818. The molecule has 4 heteroatoms. The lowest BCUT2D eigenvalue weighted by Gasteiger charge is -2.09. The van der Waals surface area contributed by atoms with E-state index in [1.165, 1.54) is 12.8 Å². The van der Waals surface area contributed by atoms with Crippen LogP contribution in [-0.2, 0) is 0 Å². The summed E-state index contributed by atoms with van der Waals surface area (Å²) in [5.74, 6) is 0. The Hall–Kier alpha value is -0.480. The molecule has 1 aliphatic heterocycles. The first-order chi connectivity index (χ1) is 6.27. The Morgan fingerprint density at radius 2 is 2.46 bits per heavy atom. The first kappa shape index (κ1) is 9.09. The van der Waals surface area contributed by atoms with Gasteiger partial charge in [0.05, 0.1) is 23.6 Å². The molecule has 0 radical (unpaired) electrons. The van der Waals surface area contributed by atoms with E-state index in [1.807, 2.05) is 13.1 Å². The molecule has 1 fully saturated rings. The molecule has 2 heterocycles. The Balaban J connectivity index is 2.25. The lowest BCUT2D eigenvalue weighted by Crippen LogP contribution is -2.15. The Kier molecular flexibility index (Phi) is 2.60. The van der Waals surface area contributed by atoms with Crippen LogP contribution in [0.3, 0.4) is 0 Å². The minimum Gasteiger partial charge on any atom is -0.309 e. The number of nitrogens with one attached hydrogen (secondary N) is 1. The van der Waals surface area contributed by atoms with Crippen molar-refractivity contribution in [2.75, 3.05) is 6.54 Å². The van der Waals surface area contributed by atoms with Crippen molar-refractivity contribution in [2.24, 2.45) is 0 Å². The van der Waals surface area contributed by atoms with Crippen LogP contribution in [0.1, 0.15) is 30.3 Å². The van der Waals surface area contributed by atoms with Crippen molar-refractivity contribution in [1.82, 2.24) is 15.3 Å². The lowest BCUT2D eigenvalue weighted by molar-refractivity contribution is 0.621. The Morgan fingerprint density at radius 3 is 3.08 bits per heavy atom. The van der Waals surface area contributed by atoms with Crippen LogP contribution in [-0.4, -0.2) is 16.5 Å². The topological polar surface area (TPSA) is 37.8 Å². The zero-order valence-electron chi connectivity index (χ0n) is 7.55. The van der Waals surface area contributed by atoms with Crippen LogP contribution < -0.4 is 5.32 Å². The van der Waals surface area contributed by atoms with E-state index in [4.69, 9.17) is 0 Å². The van der Waals surface area contributed by atoms with Gasteiger partial charge in [0.25, 0.3) is 0 Å². The molecule has 1 unspecified atom stereocenters. The first-order valence-corrected chi connectivity index (χ1v) is 5.29. The SMILES string of the molecule is Cc1nc(C2CCCN2)cnc1Br. The summed E-state index contributed by atoms with van der Waals surface area (Å²) < 4.78 is 0.842. The highest BCUT2D eigenvalue weighted by atomic mass is 79.9. The Morgan fingerprint density at radius 1 is 1.62 bits per heavy atom. The second-order valence-electron chi connectivity index (χ2n) is 3.32. The number of rotatable bonds is 1. The van der Waals surface area contributed by atoms with E-state index < -0.39 is 0 Å². The number of hydrogen-bond acceptors (Lipinski definition) is 3. The van der Waals surface area contributed by atoms with Gasteiger partial charge in [-0.1, -0.05) is 0 Å². The van der Waals surface area contributed by atoms with Crippen molar-refractivity contribution in [3.05, 3.63) is 22.2 Å². The summed E-state index contributed by atoms with van der Waals surface area (Å²) in [5.41, 5.74) is 2.03. The molecule has 2 rings (SSSR count). The van der Waals surface area contributed by atoms with Gasteiger partial charge in [-0.15, -0.1) is 0 Å². The van der Waals surface area contributed by atoms with Gasteiger partial charge in [0.2, 0.25) is 0 Å². The van der Waals surface area contributed by atoms with Crippen LogP contribution in [0.4, 0.5) is 0 Å². The van der Waals surface area contributed by atoms with Gasteiger partial charge in [-0.3, -0.25) is 4.98 Å². The average molecular weight is 242 g/mol. The second-order valence-corrected chi connectivity index (χ2v) is 4.07. The van der Waals surface area contributed by atoms with Crippen LogP contribution >= 0.6 is 15.9 Å². The predicted octanol–water partition coefficient (Wildman–Crippen LogP) is 1.97. The third kappa shape index (κ3) is 1.89. The molecular weight excluding hydrogens is 230 g/mol. The monoisotopic (exact) mass is 241 g/mol. The van der Waals surface area contributed by atoms with E-state index in [0.717, 1.165) is 22.5 Å². The largest absolute Gasteiger partial charge is 0.309 e. The predicted molar refractivity (Wildman–Crippen MR) is 54.4 cm³/mol. The second kappa shape index (κ2) is 3.72. The van der Waals surface area contributed by atoms with Gasteiger partial charge in [-0.25, -0.2) is 4.98 Å². The van der Waals surface area contributed by atoms with E-state index in [-0.39, 0.29) is 0 Å². The van der Waals surface area contributed by atoms with E-state index in [9.17, 15) is 0 Å². The number of aromatic nitrogens is 2. The third-order valence-electron chi connectivity index (χ3n) is 2.32. The van der Waals surface area contributed by atoms with Crippen molar-refractivity contribution in [3.63, 3.8) is 0 Å². The maximum Gasteiger partial charge on any atom is 0.127 e. The molecule has 1 aliphatic rings. The van der Waals surface area contributed by atoms with Gasteiger partial charge < -0.3 is 5.32 Å². The summed E-state index contributed by atoms with van der Waals surface area (Å²) in [6.45, 7) is 3.07. The van der Waals surface area contributed by atoms with E-state index in [2.05, 4.69) is 31.2 Å². The highest BCUT2D eigenvalue weighted by molar-refractivity contribution is 9.10. The minimum atomic E-state index is 0.416. The zero-order valence-corrected chi connectivity index (χ0v) is 9.13. The number of aryl methyl sites for hydroxylation is 1. The van der Waals surface area contributed by atoms with Gasteiger partial charge in [0.1, 0.15) is 4.60 Å². The van der Waals surface area contributed by atoms with Gasteiger partial charge in [-0.05, 0) is 42.2 Å². The van der Waals surface area contributed by atoms with Crippen LogP contribution in [0.2, 0.25) is 0 Å². The van der Waals surface area contributed by atoms with E-state index in [1.54, 1.807) is 0 Å². The molecule has 1 saturated heterocycles. The lowest BCUT2D eigenvalue weighted by atomic mass is 10.2. The summed E-state index contributed by atoms with van der Waals surface area (Å²) in [6.07, 6.45) is 4.26. The summed E-state index contributed by atoms with van der Waals surface area (Å²) >= 11 is 3.34. The fourth-order valence-corrected chi connectivity index (χ4v) is 1.78. The molecule has 70 valence electrons. The van der Waals surface area contributed by atoms with Gasteiger partial charge >= 0.3 is 0 Å². The van der Waals surface area contributed by atoms with Gasteiger partial charge in [0.15, 0.2) is 0 Å². The maximum absolute atomic E-state index is 4.48. The van der Waals surface area contributed by atoms with Crippen LogP contribution in [0.5, 0.6) is 0 Å². The standard InChI is InChI=1S/C9H12BrN3/c1-6-9(10)12-5-8(13-6)7-3-2-4-11-7/h5,7,11H,2-4H2,1H3. The van der Waals surface area contributed by atoms with Crippen molar-refractivity contribution in [1.29, 1.82) is 0 Å². The van der Waals surface area contributed by atoms with Crippen LogP contribution in [0, 0.1) is 6.92 Å². The van der Waals surface area contributed by atoms with Crippen molar-refractivity contribution >= 4 is 15.9 Å². The molecule has 0 amide bonds. The Labute approximate surface area is 86.1 Å². The molecule has 1 atom stereocenters. The molecular formula is C9H12BrN3. The molecule has 0 bridgehead atoms. The summed E-state index contributed by atoms with van der Waals surface area (Å²) in [7, 11) is 0. The van der Waals surface area contributed by atoms with E-state index in [0.29, 0.717) is 6.04 Å². The molecule has 1 N–H and O–H groups in total. The minimum absolute atomic E-state index is 0.416. The molecule has 13 heavy (non-hydrogen) atoms. The zero-order chi connectivity index (χ0) is 9.26. The molecule has 3 nitrogen and oxygen atoms in total. The molecule has 0 aliphatic carbocycles. The van der Waals surface area contributed by atoms with Crippen molar-refractivity contribution < 1.29 is 0 Å². The maximum atomic E-state index is 4.48. The number of nitrogens with zero attached hydrogens (tertiary/aromatic N) is 2. The van der Waals surface area contributed by atoms with E-state index >= 15 is 0 Å². The number of hydrogen-bond donors (Lipinski definition) is 1. The normalized spacial score (nSPS) is 22.2. The smallest absolute Gasteiger partial charge is 0.127 e. The first-order valence-electron chi connectivity index (χ1n) is 4.50. The summed E-state index contributed by atoms with van der Waals surface area (Å²) in [4.78, 5) is 8.72. The molecule has 1 aromatic rings. The molecule has 1 aromatic heterocycles. The van der Waals surface area contributed by atoms with Gasteiger partial charge in [-0.2, -0.15) is 0 Å². The molecule has 0 spiro atoms. The van der Waals surface area contributed by atoms with Crippen LogP contribution in [0.25, 0.3) is 0 Å². The highest BCUT2D eigenvalue weighted by Crippen LogP contribution is 2.22.